The van der Waals surface area contributed by atoms with Crippen molar-refractivity contribution in [3.63, 3.8) is 0 Å². The SMILES string of the molecule is COc1cc(C=C2SC(=S)N(c3ccc4c(c3)OCO4)C2=O)ccc1O. The van der Waals surface area contributed by atoms with E-state index in [1.807, 2.05) is 0 Å². The average molecular weight is 387 g/mol. The van der Waals surface area contributed by atoms with E-state index in [1.54, 1.807) is 36.4 Å². The first-order valence-electron chi connectivity index (χ1n) is 7.61. The van der Waals surface area contributed by atoms with Crippen LogP contribution in [0.15, 0.2) is 41.3 Å². The lowest BCUT2D eigenvalue weighted by Crippen LogP contribution is -2.27. The maximum absolute atomic E-state index is 12.8. The van der Waals surface area contributed by atoms with Crippen LogP contribution in [0.5, 0.6) is 23.0 Å². The molecule has 1 amide bonds. The first kappa shape index (κ1) is 16.7. The van der Waals surface area contributed by atoms with E-state index in [-0.39, 0.29) is 18.4 Å². The summed E-state index contributed by atoms with van der Waals surface area (Å²) >= 11 is 6.60. The summed E-state index contributed by atoms with van der Waals surface area (Å²) < 4.78 is 16.2. The van der Waals surface area contributed by atoms with Gasteiger partial charge in [0.25, 0.3) is 5.91 Å². The Morgan fingerprint density at radius 3 is 2.85 bits per heavy atom. The minimum Gasteiger partial charge on any atom is -0.504 e. The van der Waals surface area contributed by atoms with Crippen molar-refractivity contribution in [2.24, 2.45) is 0 Å². The number of phenolic OH excluding ortho intramolecular Hbond substituents is 1. The third kappa shape index (κ3) is 2.87. The second-order valence-corrected chi connectivity index (χ2v) is 7.16. The van der Waals surface area contributed by atoms with Crippen LogP contribution in [0.4, 0.5) is 5.69 Å². The maximum atomic E-state index is 12.8. The second-order valence-electron chi connectivity index (χ2n) is 5.49. The Kier molecular flexibility index (Phi) is 4.21. The van der Waals surface area contributed by atoms with Crippen molar-refractivity contribution < 1.29 is 24.1 Å². The van der Waals surface area contributed by atoms with Crippen molar-refractivity contribution in [2.75, 3.05) is 18.8 Å². The van der Waals surface area contributed by atoms with Gasteiger partial charge in [-0.25, -0.2) is 0 Å². The molecule has 0 atom stereocenters. The zero-order valence-corrected chi connectivity index (χ0v) is 15.2. The molecule has 2 aromatic carbocycles. The van der Waals surface area contributed by atoms with Gasteiger partial charge in [0.2, 0.25) is 6.79 Å². The quantitative estimate of drug-likeness (QED) is 0.638. The smallest absolute Gasteiger partial charge is 0.270 e. The summed E-state index contributed by atoms with van der Waals surface area (Å²) in [7, 11) is 1.47. The highest BCUT2D eigenvalue weighted by Crippen LogP contribution is 2.41. The molecule has 132 valence electrons. The Labute approximate surface area is 159 Å². The molecule has 4 rings (SSSR count). The Balaban J connectivity index is 1.65. The summed E-state index contributed by atoms with van der Waals surface area (Å²) in [5.41, 5.74) is 1.36. The number of phenols is 1. The molecular weight excluding hydrogens is 374 g/mol. The van der Waals surface area contributed by atoms with Crippen LogP contribution in [0, 0.1) is 0 Å². The van der Waals surface area contributed by atoms with E-state index in [0.717, 1.165) is 5.56 Å². The van der Waals surface area contributed by atoms with Gasteiger partial charge in [0, 0.05) is 6.07 Å². The molecule has 0 unspecified atom stereocenters. The number of nitrogens with zero attached hydrogens (tertiary/aromatic N) is 1. The molecule has 1 saturated heterocycles. The van der Waals surface area contributed by atoms with Gasteiger partial charge in [-0.1, -0.05) is 30.0 Å². The van der Waals surface area contributed by atoms with Crippen LogP contribution in [-0.2, 0) is 4.79 Å². The number of carbonyl (C=O) groups excluding carboxylic acids is 1. The molecule has 2 aliphatic heterocycles. The standard InChI is InChI=1S/C18H13NO5S2/c1-22-14-6-10(2-4-12(14)20)7-16-17(21)19(18(25)26-16)11-3-5-13-15(8-11)24-9-23-13/h2-8,20H,9H2,1H3. The molecular formula is C18H13NO5S2. The first-order chi connectivity index (χ1) is 12.6. The molecule has 1 N–H and O–H groups in total. The van der Waals surface area contributed by atoms with E-state index < -0.39 is 0 Å². The van der Waals surface area contributed by atoms with Gasteiger partial charge < -0.3 is 19.3 Å². The van der Waals surface area contributed by atoms with Gasteiger partial charge in [-0.05, 0) is 35.9 Å². The zero-order chi connectivity index (χ0) is 18.3. The third-order valence-corrected chi connectivity index (χ3v) is 5.21. The molecule has 0 radical (unpaired) electrons. The van der Waals surface area contributed by atoms with Gasteiger partial charge in [-0.15, -0.1) is 0 Å². The normalized spacial score (nSPS) is 17.3. The van der Waals surface area contributed by atoms with Gasteiger partial charge in [0.15, 0.2) is 27.3 Å². The lowest BCUT2D eigenvalue weighted by Gasteiger charge is -2.14. The number of rotatable bonds is 3. The summed E-state index contributed by atoms with van der Waals surface area (Å²) in [4.78, 5) is 14.8. The summed E-state index contributed by atoms with van der Waals surface area (Å²) in [6.45, 7) is 0.166. The third-order valence-electron chi connectivity index (χ3n) is 3.91. The fraction of sp³-hybridized carbons (Fsp3) is 0.111. The topological polar surface area (TPSA) is 68.2 Å². The largest absolute Gasteiger partial charge is 0.504 e. The summed E-state index contributed by atoms with van der Waals surface area (Å²) in [6.07, 6.45) is 1.72. The monoisotopic (exact) mass is 387 g/mol. The van der Waals surface area contributed by atoms with Crippen molar-refractivity contribution in [1.29, 1.82) is 0 Å². The molecule has 26 heavy (non-hydrogen) atoms. The molecule has 0 aromatic heterocycles. The number of aromatic hydroxyl groups is 1. The number of ether oxygens (including phenoxy) is 3. The number of methoxy groups -OCH3 is 1. The number of fused-ring (bicyclic) bond motifs is 1. The highest BCUT2D eigenvalue weighted by Gasteiger charge is 2.34. The summed E-state index contributed by atoms with van der Waals surface area (Å²) in [5.74, 6) is 1.39. The van der Waals surface area contributed by atoms with Crippen LogP contribution >= 0.6 is 24.0 Å². The molecule has 0 aliphatic carbocycles. The number of hydrogen-bond donors (Lipinski definition) is 1. The first-order valence-corrected chi connectivity index (χ1v) is 8.84. The number of carbonyl (C=O) groups is 1. The molecule has 0 bridgehead atoms. The Bertz CT molecular complexity index is 957. The fourth-order valence-corrected chi connectivity index (χ4v) is 3.95. The summed E-state index contributed by atoms with van der Waals surface area (Å²) in [5, 5.41) is 9.69. The molecule has 1 fully saturated rings. The molecule has 8 heteroatoms. The highest BCUT2D eigenvalue weighted by atomic mass is 32.2. The lowest BCUT2D eigenvalue weighted by atomic mass is 10.2. The van der Waals surface area contributed by atoms with Crippen LogP contribution in [0.3, 0.4) is 0 Å². The molecule has 0 spiro atoms. The Morgan fingerprint density at radius 1 is 1.23 bits per heavy atom. The van der Waals surface area contributed by atoms with Crippen LogP contribution in [0.25, 0.3) is 6.08 Å². The average Bonchev–Trinajstić information content (AvgIpc) is 3.20. The van der Waals surface area contributed by atoms with Crippen LogP contribution in [0.1, 0.15) is 5.56 Å². The van der Waals surface area contributed by atoms with Crippen molar-refractivity contribution in [3.8, 4) is 23.0 Å². The molecule has 6 nitrogen and oxygen atoms in total. The summed E-state index contributed by atoms with van der Waals surface area (Å²) in [6, 6.07) is 10.1. The lowest BCUT2D eigenvalue weighted by molar-refractivity contribution is -0.113. The van der Waals surface area contributed by atoms with E-state index >= 15 is 0 Å². The number of amides is 1. The number of thioether (sulfide) groups is 1. The van der Waals surface area contributed by atoms with Crippen molar-refractivity contribution in [2.45, 2.75) is 0 Å². The van der Waals surface area contributed by atoms with Gasteiger partial charge in [-0.2, -0.15) is 0 Å². The minimum absolute atomic E-state index is 0.0394. The number of anilines is 1. The van der Waals surface area contributed by atoms with E-state index in [4.69, 9.17) is 26.4 Å². The van der Waals surface area contributed by atoms with Gasteiger partial charge in [0.1, 0.15) is 0 Å². The van der Waals surface area contributed by atoms with E-state index in [1.165, 1.54) is 29.8 Å². The Morgan fingerprint density at radius 2 is 2.04 bits per heavy atom. The zero-order valence-electron chi connectivity index (χ0n) is 13.6. The number of hydrogen-bond acceptors (Lipinski definition) is 7. The van der Waals surface area contributed by atoms with Crippen molar-refractivity contribution in [3.05, 3.63) is 46.9 Å². The van der Waals surface area contributed by atoms with Crippen LogP contribution < -0.4 is 19.1 Å². The van der Waals surface area contributed by atoms with Crippen LogP contribution in [0.2, 0.25) is 0 Å². The molecule has 0 saturated carbocycles. The van der Waals surface area contributed by atoms with Crippen molar-refractivity contribution >= 4 is 46.0 Å². The number of thiocarbonyl (C=S) groups is 1. The predicted molar refractivity (Wildman–Crippen MR) is 103 cm³/mol. The molecule has 2 aliphatic rings. The van der Waals surface area contributed by atoms with Gasteiger partial charge in [0.05, 0.1) is 17.7 Å². The highest BCUT2D eigenvalue weighted by molar-refractivity contribution is 8.27. The maximum Gasteiger partial charge on any atom is 0.270 e. The fourth-order valence-electron chi connectivity index (χ4n) is 2.65. The van der Waals surface area contributed by atoms with E-state index in [9.17, 15) is 9.90 Å². The Hall–Kier alpha value is -2.71. The number of benzene rings is 2. The van der Waals surface area contributed by atoms with Gasteiger partial charge in [-0.3, -0.25) is 9.69 Å². The molecule has 2 heterocycles. The van der Waals surface area contributed by atoms with E-state index in [0.29, 0.717) is 32.2 Å². The van der Waals surface area contributed by atoms with E-state index in [2.05, 4.69) is 0 Å². The minimum atomic E-state index is -0.217. The second kappa shape index (κ2) is 6.54. The van der Waals surface area contributed by atoms with Gasteiger partial charge >= 0.3 is 0 Å². The molecule has 2 aromatic rings. The predicted octanol–water partition coefficient (Wildman–Crippen LogP) is 3.54. The van der Waals surface area contributed by atoms with Crippen LogP contribution in [-0.4, -0.2) is 29.2 Å². The van der Waals surface area contributed by atoms with Crippen molar-refractivity contribution in [1.82, 2.24) is 0 Å².